The molecule has 4 N–H and O–H groups in total. The fraction of sp³-hybridized carbons (Fsp3) is 0.625. The average molecular weight is 218 g/mol. The lowest BCUT2D eigenvalue weighted by atomic mass is 10.1. The summed E-state index contributed by atoms with van der Waals surface area (Å²) in [6, 6.07) is -0.997. The summed E-state index contributed by atoms with van der Waals surface area (Å²) in [5, 5.41) is 10.4. The number of urea groups is 1. The smallest absolute Gasteiger partial charge is 0.339 e. The Kier molecular flexibility index (Phi) is 5.32. The van der Waals surface area contributed by atoms with Crippen molar-refractivity contribution in [2.45, 2.75) is 18.9 Å². The summed E-state index contributed by atoms with van der Waals surface area (Å²) in [5.41, 5.74) is 3.01. The van der Waals surface area contributed by atoms with Crippen LogP contribution >= 0.6 is 0 Å². The van der Waals surface area contributed by atoms with Crippen LogP contribution in [0.2, 0.25) is 0 Å². The van der Waals surface area contributed by atoms with E-state index in [9.17, 15) is 14.4 Å². The first kappa shape index (κ1) is 13.4. The summed E-state index contributed by atoms with van der Waals surface area (Å²) in [7, 11) is 0. The van der Waals surface area contributed by atoms with Gasteiger partial charge in [-0.25, -0.2) is 9.59 Å². The van der Waals surface area contributed by atoms with Crippen LogP contribution < -0.4 is 11.1 Å². The number of esters is 1. The van der Waals surface area contributed by atoms with E-state index in [0.29, 0.717) is 0 Å². The van der Waals surface area contributed by atoms with Gasteiger partial charge in [0.15, 0.2) is 11.8 Å². The monoisotopic (exact) mass is 218 g/mol. The zero-order valence-corrected chi connectivity index (χ0v) is 8.36. The maximum Gasteiger partial charge on any atom is 0.339 e. The Labute approximate surface area is 86.6 Å². The van der Waals surface area contributed by atoms with Crippen LogP contribution in [0.25, 0.3) is 0 Å². The molecule has 0 aromatic rings. The van der Waals surface area contributed by atoms with E-state index in [4.69, 9.17) is 10.8 Å². The number of nitrogens with one attached hydrogen (secondary N) is 1. The second kappa shape index (κ2) is 5.97. The van der Waals surface area contributed by atoms with Crippen molar-refractivity contribution in [1.29, 1.82) is 0 Å². The normalized spacial score (nSPS) is 13.7. The fourth-order valence-electron chi connectivity index (χ4n) is 0.764. The van der Waals surface area contributed by atoms with E-state index in [1.54, 1.807) is 0 Å². The summed E-state index contributed by atoms with van der Waals surface area (Å²) in [6.45, 7) is 1.01. The number of amides is 2. The molecule has 86 valence electrons. The molecule has 0 unspecified atom stereocenters. The Bertz CT molecular complexity index is 255. The number of aldehydes is 1. The van der Waals surface area contributed by atoms with Crippen LogP contribution in [-0.2, 0) is 14.3 Å². The lowest BCUT2D eigenvalue weighted by Gasteiger charge is -2.21. The SMILES string of the molecule is C[C@](C=O)(NC(N)=O)C(=O)OCCCO. The largest absolute Gasteiger partial charge is 0.464 e. The summed E-state index contributed by atoms with van der Waals surface area (Å²) < 4.78 is 4.64. The molecule has 0 heterocycles. The molecule has 7 nitrogen and oxygen atoms in total. The van der Waals surface area contributed by atoms with Gasteiger partial charge in [-0.05, 0) is 6.92 Å². The van der Waals surface area contributed by atoms with Crippen molar-refractivity contribution in [3.63, 3.8) is 0 Å². The van der Waals surface area contributed by atoms with E-state index in [1.807, 2.05) is 5.32 Å². The van der Waals surface area contributed by atoms with Crippen molar-refractivity contribution >= 4 is 18.3 Å². The topological polar surface area (TPSA) is 119 Å². The number of hydrogen-bond acceptors (Lipinski definition) is 5. The molecule has 0 aliphatic rings. The molecule has 1 atom stereocenters. The first-order chi connectivity index (χ1) is 6.96. The standard InChI is InChI=1S/C8H14N2O5/c1-8(5-12,10-7(9)14)6(13)15-4-2-3-11/h5,11H,2-4H2,1H3,(H3,9,10,14)/t8-/m1/s1. The first-order valence-electron chi connectivity index (χ1n) is 4.28. The van der Waals surface area contributed by atoms with Gasteiger partial charge < -0.3 is 25.7 Å². The Morgan fingerprint density at radius 3 is 2.60 bits per heavy atom. The lowest BCUT2D eigenvalue weighted by molar-refractivity contribution is -0.152. The molecular weight excluding hydrogens is 204 g/mol. The first-order valence-corrected chi connectivity index (χ1v) is 4.28. The Balaban J connectivity index is 4.31. The second-order valence-corrected chi connectivity index (χ2v) is 3.02. The molecule has 0 radical (unpaired) electrons. The van der Waals surface area contributed by atoms with Crippen molar-refractivity contribution in [1.82, 2.24) is 5.32 Å². The van der Waals surface area contributed by atoms with Gasteiger partial charge in [0.25, 0.3) is 0 Å². The lowest BCUT2D eigenvalue weighted by Crippen LogP contribution is -2.56. The highest BCUT2D eigenvalue weighted by Crippen LogP contribution is 2.03. The summed E-state index contributed by atoms with van der Waals surface area (Å²) in [6.07, 6.45) is 0.496. The quantitative estimate of drug-likeness (QED) is 0.218. The van der Waals surface area contributed by atoms with Crippen molar-refractivity contribution in [3.05, 3.63) is 0 Å². The number of rotatable bonds is 6. The third-order valence-electron chi connectivity index (χ3n) is 1.58. The minimum Gasteiger partial charge on any atom is -0.464 e. The molecule has 0 saturated carbocycles. The van der Waals surface area contributed by atoms with Gasteiger partial charge in [0.1, 0.15) is 0 Å². The number of carbonyl (C=O) groups excluding carboxylic acids is 3. The van der Waals surface area contributed by atoms with Crippen LogP contribution in [0.5, 0.6) is 0 Å². The number of primary amides is 1. The molecule has 0 aliphatic heterocycles. The van der Waals surface area contributed by atoms with Crippen molar-refractivity contribution in [2.24, 2.45) is 5.73 Å². The molecule has 0 aromatic carbocycles. The van der Waals surface area contributed by atoms with E-state index in [-0.39, 0.29) is 25.9 Å². The highest BCUT2D eigenvalue weighted by atomic mass is 16.5. The van der Waals surface area contributed by atoms with Crippen LogP contribution in [0.4, 0.5) is 4.79 Å². The number of nitrogens with two attached hydrogens (primary N) is 1. The van der Waals surface area contributed by atoms with Crippen molar-refractivity contribution < 1.29 is 24.2 Å². The van der Waals surface area contributed by atoms with Gasteiger partial charge in [-0.3, -0.25) is 0 Å². The van der Waals surface area contributed by atoms with Crippen molar-refractivity contribution in [3.8, 4) is 0 Å². The van der Waals surface area contributed by atoms with Gasteiger partial charge in [0, 0.05) is 13.0 Å². The number of aliphatic hydroxyl groups excluding tert-OH is 1. The van der Waals surface area contributed by atoms with Gasteiger partial charge in [0.05, 0.1) is 6.61 Å². The molecule has 0 spiro atoms. The van der Waals surface area contributed by atoms with Gasteiger partial charge >= 0.3 is 12.0 Å². The van der Waals surface area contributed by atoms with E-state index in [2.05, 4.69) is 4.74 Å². The summed E-state index contributed by atoms with van der Waals surface area (Å²) >= 11 is 0. The minimum absolute atomic E-state index is 0.0286. The van der Waals surface area contributed by atoms with E-state index in [0.717, 1.165) is 0 Å². The van der Waals surface area contributed by atoms with Gasteiger partial charge in [-0.2, -0.15) is 0 Å². The fourth-order valence-corrected chi connectivity index (χ4v) is 0.764. The summed E-state index contributed by atoms with van der Waals surface area (Å²) in [5.74, 6) is -0.912. The van der Waals surface area contributed by atoms with Crippen molar-refractivity contribution in [2.75, 3.05) is 13.2 Å². The van der Waals surface area contributed by atoms with Crippen LogP contribution in [0, 0.1) is 0 Å². The molecule has 0 aromatic heterocycles. The summed E-state index contributed by atoms with van der Waals surface area (Å²) in [4.78, 5) is 32.4. The third kappa shape index (κ3) is 4.41. The van der Waals surface area contributed by atoms with E-state index >= 15 is 0 Å². The molecule has 0 rings (SSSR count). The van der Waals surface area contributed by atoms with Gasteiger partial charge in [-0.15, -0.1) is 0 Å². The average Bonchev–Trinajstić information content (AvgIpc) is 2.16. The Morgan fingerprint density at radius 2 is 2.20 bits per heavy atom. The van der Waals surface area contributed by atoms with Crippen LogP contribution in [-0.4, -0.2) is 42.1 Å². The van der Waals surface area contributed by atoms with E-state index < -0.39 is 17.5 Å². The van der Waals surface area contributed by atoms with Gasteiger partial charge in [0.2, 0.25) is 0 Å². The van der Waals surface area contributed by atoms with Gasteiger partial charge in [-0.1, -0.05) is 0 Å². The zero-order valence-electron chi connectivity index (χ0n) is 8.36. The molecule has 7 heteroatoms. The highest BCUT2D eigenvalue weighted by Gasteiger charge is 2.35. The second-order valence-electron chi connectivity index (χ2n) is 3.02. The zero-order chi connectivity index (χ0) is 11.9. The molecule has 0 bridgehead atoms. The third-order valence-corrected chi connectivity index (χ3v) is 1.58. The maximum atomic E-state index is 11.3. The molecule has 0 fully saturated rings. The predicted molar refractivity (Wildman–Crippen MR) is 49.8 cm³/mol. The molecule has 0 saturated heterocycles. The number of aliphatic hydroxyl groups is 1. The molecule has 0 aliphatic carbocycles. The van der Waals surface area contributed by atoms with Crippen LogP contribution in [0.1, 0.15) is 13.3 Å². The van der Waals surface area contributed by atoms with E-state index in [1.165, 1.54) is 6.92 Å². The Hall–Kier alpha value is -1.63. The molecule has 2 amide bonds. The highest BCUT2D eigenvalue weighted by molar-refractivity contribution is 6.01. The van der Waals surface area contributed by atoms with Crippen LogP contribution in [0.3, 0.4) is 0 Å². The predicted octanol–water partition coefficient (Wildman–Crippen LogP) is -1.46. The minimum atomic E-state index is -1.78. The van der Waals surface area contributed by atoms with Crippen LogP contribution in [0.15, 0.2) is 0 Å². The number of ether oxygens (including phenoxy) is 1. The molecular formula is C8H14N2O5. The number of hydrogen-bond donors (Lipinski definition) is 3. The number of carbonyl (C=O) groups is 3. The Morgan fingerprint density at radius 1 is 1.60 bits per heavy atom. The maximum absolute atomic E-state index is 11.3. The molecule has 15 heavy (non-hydrogen) atoms.